The van der Waals surface area contributed by atoms with Gasteiger partial charge in [-0.1, -0.05) is 36.4 Å². The second-order valence-corrected chi connectivity index (χ2v) is 6.26. The largest absolute Gasteiger partial charge is 0.325 e. The van der Waals surface area contributed by atoms with Gasteiger partial charge < -0.3 is 4.90 Å². The molecule has 3 nitrogen and oxygen atoms in total. The van der Waals surface area contributed by atoms with Crippen LogP contribution in [0.2, 0.25) is 0 Å². The first kappa shape index (κ1) is 14.0. The summed E-state index contributed by atoms with van der Waals surface area (Å²) in [6.45, 7) is 7.86. The molecule has 1 fully saturated rings. The van der Waals surface area contributed by atoms with Gasteiger partial charge in [0.25, 0.3) is 0 Å². The van der Waals surface area contributed by atoms with Gasteiger partial charge in [-0.25, -0.2) is 4.98 Å². The minimum absolute atomic E-state index is 0.0175. The highest BCUT2D eigenvalue weighted by Gasteiger charge is 2.49. The lowest BCUT2D eigenvalue weighted by Crippen LogP contribution is -2.54. The number of thiazole rings is 1. The first-order valence-electron chi connectivity index (χ1n) is 7.05. The van der Waals surface area contributed by atoms with E-state index >= 15 is 0 Å². The molecule has 21 heavy (non-hydrogen) atoms. The Labute approximate surface area is 128 Å². The molecule has 4 heteroatoms. The number of hydrogen-bond acceptors (Lipinski definition) is 3. The summed E-state index contributed by atoms with van der Waals surface area (Å²) >= 11 is 1.62. The third-order valence-electron chi connectivity index (χ3n) is 4.02. The molecule has 0 radical (unpaired) electrons. The number of likely N-dealkylation sites (tertiary alicyclic amines) is 1. The summed E-state index contributed by atoms with van der Waals surface area (Å²) in [4.78, 5) is 18.9. The minimum atomic E-state index is -0.151. The molecule has 1 aromatic carbocycles. The molecule has 3 rings (SSSR count). The first-order chi connectivity index (χ1) is 10.1. The van der Waals surface area contributed by atoms with Crippen LogP contribution in [-0.2, 0) is 4.79 Å². The van der Waals surface area contributed by atoms with E-state index in [9.17, 15) is 4.79 Å². The average molecular weight is 298 g/mol. The van der Waals surface area contributed by atoms with Gasteiger partial charge in [-0.3, -0.25) is 4.79 Å². The van der Waals surface area contributed by atoms with Crippen molar-refractivity contribution in [2.75, 3.05) is 0 Å². The maximum atomic E-state index is 12.4. The Morgan fingerprint density at radius 1 is 1.38 bits per heavy atom. The zero-order valence-corrected chi connectivity index (χ0v) is 13.0. The van der Waals surface area contributed by atoms with Crippen LogP contribution in [0.3, 0.4) is 0 Å². The lowest BCUT2D eigenvalue weighted by molar-refractivity contribution is -0.157. The van der Waals surface area contributed by atoms with E-state index in [2.05, 4.69) is 30.6 Å². The van der Waals surface area contributed by atoms with E-state index in [0.717, 1.165) is 16.3 Å². The van der Waals surface area contributed by atoms with E-state index in [4.69, 9.17) is 0 Å². The highest BCUT2D eigenvalue weighted by Crippen LogP contribution is 2.46. The third kappa shape index (κ3) is 2.29. The summed E-state index contributed by atoms with van der Waals surface area (Å²) in [5.41, 5.74) is 2.15. The van der Waals surface area contributed by atoms with E-state index in [1.165, 1.54) is 0 Å². The molecule has 1 saturated heterocycles. The Morgan fingerprint density at radius 3 is 2.67 bits per heavy atom. The third-order valence-corrected chi connectivity index (χ3v) is 5.06. The summed E-state index contributed by atoms with van der Waals surface area (Å²) in [5, 5.41) is 3.03. The van der Waals surface area contributed by atoms with Crippen LogP contribution in [0.25, 0.3) is 0 Å². The molecular formula is C17H18N2OS. The van der Waals surface area contributed by atoms with Gasteiger partial charge in [-0.2, -0.15) is 0 Å². The molecule has 108 valence electrons. The Bertz CT molecular complexity index is 664. The van der Waals surface area contributed by atoms with Gasteiger partial charge in [0, 0.05) is 11.1 Å². The Hall–Kier alpha value is -1.94. The molecule has 2 heterocycles. The molecule has 1 amide bonds. The standard InChI is InChI=1S/C17H18N2OS/c1-4-14-15(16-18-11(2)10-21-16)19(17(14)20)12(3)13-8-6-5-7-9-13/h4-10,12,14-15H,1H2,2-3H3/t12-,14-,15-/m1/s1. The smallest absolute Gasteiger partial charge is 0.233 e. The van der Waals surface area contributed by atoms with Crippen LogP contribution in [0.15, 0.2) is 48.4 Å². The Kier molecular flexibility index (Phi) is 3.64. The van der Waals surface area contributed by atoms with Crippen molar-refractivity contribution in [3.8, 4) is 0 Å². The predicted molar refractivity (Wildman–Crippen MR) is 85.0 cm³/mol. The second-order valence-electron chi connectivity index (χ2n) is 5.37. The molecule has 0 saturated carbocycles. The van der Waals surface area contributed by atoms with Gasteiger partial charge in [0.1, 0.15) is 5.01 Å². The van der Waals surface area contributed by atoms with Crippen molar-refractivity contribution >= 4 is 17.2 Å². The van der Waals surface area contributed by atoms with E-state index in [-0.39, 0.29) is 23.9 Å². The van der Waals surface area contributed by atoms with Crippen molar-refractivity contribution in [3.63, 3.8) is 0 Å². The van der Waals surface area contributed by atoms with Crippen molar-refractivity contribution < 1.29 is 4.79 Å². The topological polar surface area (TPSA) is 33.2 Å². The molecule has 0 unspecified atom stereocenters. The zero-order chi connectivity index (χ0) is 15.0. The molecule has 0 bridgehead atoms. The molecular weight excluding hydrogens is 280 g/mol. The van der Waals surface area contributed by atoms with Crippen molar-refractivity contribution in [3.05, 3.63) is 64.6 Å². The molecule has 0 aliphatic carbocycles. The highest BCUT2D eigenvalue weighted by molar-refractivity contribution is 7.09. The van der Waals surface area contributed by atoms with Crippen molar-refractivity contribution in [1.29, 1.82) is 0 Å². The van der Waals surface area contributed by atoms with Crippen LogP contribution in [0.1, 0.15) is 35.3 Å². The number of aromatic nitrogens is 1. The average Bonchev–Trinajstić information content (AvgIpc) is 2.91. The number of carbonyl (C=O) groups excluding carboxylic acids is 1. The molecule has 0 N–H and O–H groups in total. The second kappa shape index (κ2) is 5.45. The summed E-state index contributed by atoms with van der Waals surface area (Å²) < 4.78 is 0. The lowest BCUT2D eigenvalue weighted by Gasteiger charge is -2.48. The van der Waals surface area contributed by atoms with Gasteiger partial charge in [0.15, 0.2) is 0 Å². The van der Waals surface area contributed by atoms with Crippen LogP contribution >= 0.6 is 11.3 Å². The Balaban J connectivity index is 1.93. The first-order valence-corrected chi connectivity index (χ1v) is 7.93. The van der Waals surface area contributed by atoms with Crippen molar-refractivity contribution in [1.82, 2.24) is 9.88 Å². The fourth-order valence-electron chi connectivity index (χ4n) is 2.87. The predicted octanol–water partition coefficient (Wildman–Crippen LogP) is 3.90. The van der Waals surface area contributed by atoms with Crippen molar-refractivity contribution in [2.45, 2.75) is 25.9 Å². The lowest BCUT2D eigenvalue weighted by atomic mass is 9.85. The van der Waals surface area contributed by atoms with Gasteiger partial charge in [0.05, 0.1) is 18.0 Å². The number of β-lactam (4-membered cyclic amide) rings is 1. The van der Waals surface area contributed by atoms with Crippen LogP contribution < -0.4 is 0 Å². The van der Waals surface area contributed by atoms with E-state index in [1.54, 1.807) is 17.4 Å². The number of aryl methyl sites for hydroxylation is 1. The summed E-state index contributed by atoms with van der Waals surface area (Å²) in [6.07, 6.45) is 1.75. The molecule has 3 atom stereocenters. The number of carbonyl (C=O) groups is 1. The monoisotopic (exact) mass is 298 g/mol. The molecule has 0 spiro atoms. The molecule has 1 aliphatic heterocycles. The molecule has 2 aromatic rings. The summed E-state index contributed by atoms with van der Waals surface area (Å²) in [6, 6.07) is 10.2. The minimum Gasteiger partial charge on any atom is -0.325 e. The van der Waals surface area contributed by atoms with E-state index < -0.39 is 0 Å². The fourth-order valence-corrected chi connectivity index (χ4v) is 3.81. The number of benzene rings is 1. The fraction of sp³-hybridized carbons (Fsp3) is 0.294. The number of nitrogens with zero attached hydrogens (tertiary/aromatic N) is 2. The normalized spacial score (nSPS) is 22.8. The number of hydrogen-bond donors (Lipinski definition) is 0. The maximum absolute atomic E-state index is 12.4. The van der Waals surface area contributed by atoms with Crippen LogP contribution in [-0.4, -0.2) is 15.8 Å². The van der Waals surface area contributed by atoms with Gasteiger partial charge in [-0.05, 0) is 19.4 Å². The number of rotatable bonds is 4. The Morgan fingerprint density at radius 2 is 2.10 bits per heavy atom. The SMILES string of the molecule is C=C[C@H]1C(=O)N([C@H](C)c2ccccc2)[C@H]1c1nc(C)cs1. The van der Waals surface area contributed by atoms with Gasteiger partial charge in [-0.15, -0.1) is 17.9 Å². The highest BCUT2D eigenvalue weighted by atomic mass is 32.1. The van der Waals surface area contributed by atoms with Gasteiger partial charge >= 0.3 is 0 Å². The summed E-state index contributed by atoms with van der Waals surface area (Å²) in [5.74, 6) is -0.0130. The van der Waals surface area contributed by atoms with Crippen molar-refractivity contribution in [2.24, 2.45) is 5.92 Å². The zero-order valence-electron chi connectivity index (χ0n) is 12.2. The van der Waals surface area contributed by atoms with Crippen LogP contribution in [0, 0.1) is 12.8 Å². The molecule has 1 aliphatic rings. The number of amides is 1. The van der Waals surface area contributed by atoms with Crippen LogP contribution in [0.4, 0.5) is 0 Å². The summed E-state index contributed by atoms with van der Waals surface area (Å²) in [7, 11) is 0. The molecule has 1 aromatic heterocycles. The maximum Gasteiger partial charge on any atom is 0.233 e. The van der Waals surface area contributed by atoms with Gasteiger partial charge in [0.2, 0.25) is 5.91 Å². The van der Waals surface area contributed by atoms with Crippen LogP contribution in [0.5, 0.6) is 0 Å². The quantitative estimate of drug-likeness (QED) is 0.633. The van der Waals surface area contributed by atoms with E-state index in [1.807, 2.05) is 35.4 Å². The van der Waals surface area contributed by atoms with E-state index in [0.29, 0.717) is 0 Å².